The van der Waals surface area contributed by atoms with E-state index in [4.69, 9.17) is 9.97 Å². The highest BCUT2D eigenvalue weighted by Crippen LogP contribution is 2.56. The highest BCUT2D eigenvalue weighted by Gasteiger charge is 2.46. The average Bonchev–Trinajstić information content (AvgIpc) is 3.89. The van der Waals surface area contributed by atoms with Crippen molar-refractivity contribution in [3.8, 4) is 67.3 Å². The molecule has 3 heteroatoms. The van der Waals surface area contributed by atoms with Gasteiger partial charge in [-0.25, -0.2) is 9.97 Å². The number of fused-ring (bicyclic) bond motifs is 6. The van der Waals surface area contributed by atoms with Crippen LogP contribution >= 0.6 is 11.3 Å². The summed E-state index contributed by atoms with van der Waals surface area (Å²) in [5, 5.41) is 2.64. The van der Waals surface area contributed by atoms with Gasteiger partial charge in [-0.3, -0.25) is 0 Å². The maximum Gasteiger partial charge on any atom is 0.160 e. The third kappa shape index (κ3) is 5.85. The monoisotopic (exact) mass is 806 g/mol. The van der Waals surface area contributed by atoms with Crippen LogP contribution in [0.1, 0.15) is 22.3 Å². The smallest absolute Gasteiger partial charge is 0.160 e. The molecule has 0 saturated carbocycles. The fourth-order valence-electron chi connectivity index (χ4n) is 9.74. The second-order valence-corrected chi connectivity index (χ2v) is 17.1. The minimum absolute atomic E-state index is 0.503. The summed E-state index contributed by atoms with van der Waals surface area (Å²) in [6.07, 6.45) is 0. The molecule has 0 aliphatic heterocycles. The molecule has 0 amide bonds. The summed E-state index contributed by atoms with van der Waals surface area (Å²) in [5.74, 6) is 0.699. The van der Waals surface area contributed by atoms with Gasteiger partial charge in [-0.15, -0.1) is 11.3 Å². The third-order valence-electron chi connectivity index (χ3n) is 12.6. The molecule has 0 fully saturated rings. The van der Waals surface area contributed by atoms with E-state index in [1.807, 2.05) is 17.4 Å². The first-order valence-electron chi connectivity index (χ1n) is 21.1. The van der Waals surface area contributed by atoms with E-state index in [0.717, 1.165) is 39.2 Å². The molecule has 1 aliphatic rings. The molecular weight excluding hydrogens is 769 g/mol. The lowest BCUT2D eigenvalue weighted by Crippen LogP contribution is -2.28. The number of rotatable bonds is 7. The minimum Gasteiger partial charge on any atom is -0.228 e. The maximum absolute atomic E-state index is 5.31. The Kier molecular flexibility index (Phi) is 8.62. The van der Waals surface area contributed by atoms with Gasteiger partial charge in [-0.1, -0.05) is 206 Å². The Morgan fingerprint density at radius 3 is 1.61 bits per heavy atom. The van der Waals surface area contributed by atoms with E-state index < -0.39 is 5.41 Å². The molecule has 0 radical (unpaired) electrons. The lowest BCUT2D eigenvalue weighted by molar-refractivity contribution is 0.768. The van der Waals surface area contributed by atoms with Crippen LogP contribution in [0.25, 0.3) is 87.5 Å². The van der Waals surface area contributed by atoms with E-state index in [1.165, 1.54) is 64.7 Å². The van der Waals surface area contributed by atoms with Gasteiger partial charge in [-0.05, 0) is 79.9 Å². The molecule has 62 heavy (non-hydrogen) atoms. The molecular formula is C59H38N2S. The highest BCUT2D eigenvalue weighted by atomic mass is 32.1. The van der Waals surface area contributed by atoms with Gasteiger partial charge in [0, 0.05) is 36.9 Å². The highest BCUT2D eigenvalue weighted by molar-refractivity contribution is 7.26. The lowest BCUT2D eigenvalue weighted by atomic mass is 9.67. The van der Waals surface area contributed by atoms with Gasteiger partial charge >= 0.3 is 0 Å². The van der Waals surface area contributed by atoms with Crippen molar-refractivity contribution in [2.24, 2.45) is 0 Å². The summed E-state index contributed by atoms with van der Waals surface area (Å²) in [4.78, 5) is 10.6. The van der Waals surface area contributed by atoms with Gasteiger partial charge in [0.1, 0.15) is 0 Å². The van der Waals surface area contributed by atoms with Crippen molar-refractivity contribution in [1.29, 1.82) is 0 Å². The van der Waals surface area contributed by atoms with Gasteiger partial charge < -0.3 is 0 Å². The van der Waals surface area contributed by atoms with Gasteiger partial charge in [0.2, 0.25) is 0 Å². The van der Waals surface area contributed by atoms with Gasteiger partial charge in [0.05, 0.1) is 16.8 Å². The second kappa shape index (κ2) is 14.8. The van der Waals surface area contributed by atoms with E-state index in [2.05, 4.69) is 224 Å². The van der Waals surface area contributed by atoms with Crippen molar-refractivity contribution in [3.63, 3.8) is 0 Å². The molecule has 2 heterocycles. The normalized spacial score (nSPS) is 12.6. The average molecular weight is 807 g/mol. The summed E-state index contributed by atoms with van der Waals surface area (Å²) in [7, 11) is 0. The van der Waals surface area contributed by atoms with Crippen LogP contribution in [0.2, 0.25) is 0 Å². The number of thiophene rings is 1. The summed E-state index contributed by atoms with van der Waals surface area (Å²) in [5.41, 5.74) is 16.6. The van der Waals surface area contributed by atoms with E-state index in [9.17, 15) is 0 Å². The second-order valence-electron chi connectivity index (χ2n) is 16.1. The Balaban J connectivity index is 0.976. The lowest BCUT2D eigenvalue weighted by Gasteiger charge is -2.34. The largest absolute Gasteiger partial charge is 0.228 e. The zero-order valence-electron chi connectivity index (χ0n) is 33.7. The number of hydrogen-bond donors (Lipinski definition) is 0. The van der Waals surface area contributed by atoms with Crippen molar-refractivity contribution in [1.82, 2.24) is 9.97 Å². The van der Waals surface area contributed by atoms with Crippen LogP contribution in [-0.4, -0.2) is 9.97 Å². The van der Waals surface area contributed by atoms with E-state index >= 15 is 0 Å². The number of benzene rings is 9. The van der Waals surface area contributed by atoms with Crippen LogP contribution in [-0.2, 0) is 5.41 Å². The van der Waals surface area contributed by atoms with Crippen LogP contribution in [0.3, 0.4) is 0 Å². The number of nitrogens with zero attached hydrogens (tertiary/aromatic N) is 2. The van der Waals surface area contributed by atoms with Crippen LogP contribution in [0.4, 0.5) is 0 Å². The fourth-order valence-corrected chi connectivity index (χ4v) is 11.0. The molecule has 9 aromatic carbocycles. The zero-order valence-corrected chi connectivity index (χ0v) is 34.6. The molecule has 12 rings (SSSR count). The van der Waals surface area contributed by atoms with Crippen molar-refractivity contribution in [3.05, 3.63) is 253 Å². The van der Waals surface area contributed by atoms with Crippen LogP contribution in [0.5, 0.6) is 0 Å². The Labute approximate surface area is 365 Å². The quantitative estimate of drug-likeness (QED) is 0.160. The van der Waals surface area contributed by atoms with Gasteiger partial charge in [-0.2, -0.15) is 0 Å². The predicted molar refractivity (Wildman–Crippen MR) is 259 cm³/mol. The molecule has 2 nitrogen and oxygen atoms in total. The molecule has 0 saturated heterocycles. The molecule has 0 atom stereocenters. The molecule has 0 N–H and O–H groups in total. The molecule has 0 unspecified atom stereocenters. The van der Waals surface area contributed by atoms with Crippen molar-refractivity contribution in [2.75, 3.05) is 0 Å². The first-order valence-corrected chi connectivity index (χ1v) is 22.0. The van der Waals surface area contributed by atoms with Crippen molar-refractivity contribution in [2.45, 2.75) is 5.41 Å². The Morgan fingerprint density at radius 2 is 0.855 bits per heavy atom. The first kappa shape index (κ1) is 36.2. The standard InChI is InChI=1S/C59H38N2S/c1-4-16-41(17-5-1)58-60-54(43-19-14-18-42(36-43)39-30-32-40(33-31-39)47-26-15-27-51-50-25-11-13-29-56(50)62-57(47)51)38-55(61-58)44-34-35-49-48-24-10-12-28-52(48)59(53(49)37-44,45-20-6-2-7-21-45)46-22-8-3-9-23-46/h1-38H. The Bertz CT molecular complexity index is 3400. The summed E-state index contributed by atoms with van der Waals surface area (Å²) < 4.78 is 2.65. The zero-order chi connectivity index (χ0) is 41.0. The predicted octanol–water partition coefficient (Wildman–Crippen LogP) is 15.5. The molecule has 0 bridgehead atoms. The summed E-state index contributed by atoms with van der Waals surface area (Å²) in [6.45, 7) is 0. The first-order chi connectivity index (χ1) is 30.7. The van der Waals surface area contributed by atoms with Crippen molar-refractivity contribution >= 4 is 31.5 Å². The van der Waals surface area contributed by atoms with Gasteiger partial charge in [0.25, 0.3) is 0 Å². The fraction of sp³-hybridized carbons (Fsp3) is 0.0169. The molecule has 0 spiro atoms. The Hall–Kier alpha value is -7.72. The van der Waals surface area contributed by atoms with Crippen LogP contribution in [0, 0.1) is 0 Å². The van der Waals surface area contributed by atoms with Gasteiger partial charge in [0.15, 0.2) is 5.82 Å². The van der Waals surface area contributed by atoms with Crippen LogP contribution in [0.15, 0.2) is 231 Å². The van der Waals surface area contributed by atoms with Crippen molar-refractivity contribution < 1.29 is 0 Å². The van der Waals surface area contributed by atoms with E-state index in [-0.39, 0.29) is 0 Å². The maximum atomic E-state index is 5.31. The van der Waals surface area contributed by atoms with E-state index in [0.29, 0.717) is 5.82 Å². The molecule has 11 aromatic rings. The summed E-state index contributed by atoms with van der Waals surface area (Å²) in [6, 6.07) is 83.3. The molecule has 2 aromatic heterocycles. The molecule has 1 aliphatic carbocycles. The van der Waals surface area contributed by atoms with E-state index in [1.54, 1.807) is 0 Å². The SMILES string of the molecule is c1ccc(-c2nc(-c3cccc(-c4ccc(-c5cccc6c5sc5ccccc56)cc4)c3)cc(-c3ccc4c(c3)C(c3ccccc3)(c3ccccc3)c3ccccc3-4)n2)cc1. The number of aromatic nitrogens is 2. The topological polar surface area (TPSA) is 25.8 Å². The van der Waals surface area contributed by atoms with Crippen LogP contribution < -0.4 is 0 Å². The third-order valence-corrected chi connectivity index (χ3v) is 13.8. The molecule has 290 valence electrons. The minimum atomic E-state index is -0.503. The summed E-state index contributed by atoms with van der Waals surface area (Å²) >= 11 is 1.87. The Morgan fingerprint density at radius 1 is 0.323 bits per heavy atom. The number of hydrogen-bond acceptors (Lipinski definition) is 3.